The highest BCUT2D eigenvalue weighted by molar-refractivity contribution is 5.89. The molecule has 4 heterocycles. The molecule has 3 aliphatic heterocycles. The number of halogens is 1. The van der Waals surface area contributed by atoms with Gasteiger partial charge in [0.05, 0.1) is 12.2 Å². The molecular weight excluding hydrogens is 390 g/mol. The van der Waals surface area contributed by atoms with Crippen molar-refractivity contribution < 1.29 is 9.59 Å². The first-order valence-corrected chi connectivity index (χ1v) is 11.0. The third-order valence-electron chi connectivity index (χ3n) is 7.40. The molecule has 2 bridgehead atoms. The van der Waals surface area contributed by atoms with Crippen LogP contribution in [0.1, 0.15) is 55.5 Å². The van der Waals surface area contributed by atoms with E-state index in [2.05, 4.69) is 15.5 Å². The smallest absolute Gasteiger partial charge is 0.245 e. The summed E-state index contributed by atoms with van der Waals surface area (Å²) < 4.78 is 0. The van der Waals surface area contributed by atoms with Gasteiger partial charge in [-0.05, 0) is 63.0 Å². The lowest BCUT2D eigenvalue weighted by Crippen LogP contribution is -2.68. The summed E-state index contributed by atoms with van der Waals surface area (Å²) in [5, 5.41) is 11.2. The Bertz CT molecular complexity index is 781. The molecule has 1 aromatic heterocycles. The molecule has 4 atom stereocenters. The monoisotopic (exact) mass is 421 g/mol. The molecule has 1 aliphatic carbocycles. The third-order valence-corrected chi connectivity index (χ3v) is 7.40. The summed E-state index contributed by atoms with van der Waals surface area (Å²) in [6, 6.07) is -0.0904. The van der Waals surface area contributed by atoms with Crippen LogP contribution in [0.2, 0.25) is 0 Å². The minimum absolute atomic E-state index is 0. The largest absolute Gasteiger partial charge is 0.338 e. The van der Waals surface area contributed by atoms with Crippen molar-refractivity contribution in [3.8, 4) is 0 Å². The molecule has 2 amide bonds. The maximum atomic E-state index is 13.6. The summed E-state index contributed by atoms with van der Waals surface area (Å²) in [4.78, 5) is 30.2. The lowest BCUT2D eigenvalue weighted by atomic mass is 9.72. The molecule has 2 N–H and O–H groups in total. The molecule has 0 unspecified atom stereocenters. The molecule has 5 rings (SSSR count). The second-order valence-corrected chi connectivity index (χ2v) is 9.15. The number of carbonyl (C=O) groups is 2. The Kier molecular flexibility index (Phi) is 5.89. The van der Waals surface area contributed by atoms with Gasteiger partial charge in [0.1, 0.15) is 6.04 Å². The fourth-order valence-electron chi connectivity index (χ4n) is 6.04. The fraction of sp³-hybridized carbons (Fsp3) is 0.762. The second kappa shape index (κ2) is 8.26. The number of nitrogens with zero attached hydrogens (tertiary/aromatic N) is 3. The standard InChI is InChI=1S/C21H31N5O2.ClH/c1-25(12-17-15-5-2-3-6-16(15)23-24-17)21(28)20-14-9-13(10-22-11-14)18-7-4-8-19(27)26(18)20;/h13-14,18,20,22H,2-12H2,1H3,(H,23,24);1H/t13-,14+,18+,20-;/m1./s1. The number of likely N-dealkylation sites (N-methyl/N-ethyl adjacent to an activating group) is 1. The first kappa shape index (κ1) is 20.7. The van der Waals surface area contributed by atoms with Crippen molar-refractivity contribution in [2.75, 3.05) is 20.1 Å². The van der Waals surface area contributed by atoms with Crippen molar-refractivity contribution >= 4 is 24.2 Å². The van der Waals surface area contributed by atoms with Crippen LogP contribution in [0, 0.1) is 11.8 Å². The number of hydrogen-bond acceptors (Lipinski definition) is 4. The zero-order valence-electron chi connectivity index (χ0n) is 17.2. The van der Waals surface area contributed by atoms with Crippen LogP contribution in [0.15, 0.2) is 0 Å². The highest BCUT2D eigenvalue weighted by Gasteiger charge is 2.51. The molecule has 1 aromatic rings. The van der Waals surface area contributed by atoms with E-state index in [0.717, 1.165) is 50.9 Å². The van der Waals surface area contributed by atoms with Gasteiger partial charge in [-0.1, -0.05) is 0 Å². The Morgan fingerprint density at radius 1 is 1.17 bits per heavy atom. The van der Waals surface area contributed by atoms with Crippen LogP contribution in [0.3, 0.4) is 0 Å². The maximum Gasteiger partial charge on any atom is 0.245 e. The minimum atomic E-state index is -0.318. The average molecular weight is 422 g/mol. The molecule has 3 saturated heterocycles. The van der Waals surface area contributed by atoms with Gasteiger partial charge in [-0.15, -0.1) is 12.4 Å². The van der Waals surface area contributed by atoms with Gasteiger partial charge in [0.2, 0.25) is 11.8 Å². The Hall–Kier alpha value is -1.60. The van der Waals surface area contributed by atoms with E-state index < -0.39 is 0 Å². The van der Waals surface area contributed by atoms with E-state index in [4.69, 9.17) is 0 Å². The van der Waals surface area contributed by atoms with Crippen LogP contribution in [0.25, 0.3) is 0 Å². The maximum absolute atomic E-state index is 13.6. The Morgan fingerprint density at radius 3 is 2.83 bits per heavy atom. The average Bonchev–Trinajstić information content (AvgIpc) is 3.12. The molecule has 0 saturated carbocycles. The molecule has 160 valence electrons. The molecule has 4 aliphatic rings. The molecule has 7 nitrogen and oxygen atoms in total. The first-order chi connectivity index (χ1) is 13.6. The van der Waals surface area contributed by atoms with Crippen molar-refractivity contribution in [1.29, 1.82) is 0 Å². The second-order valence-electron chi connectivity index (χ2n) is 9.15. The number of nitrogens with one attached hydrogen (secondary N) is 2. The van der Waals surface area contributed by atoms with Gasteiger partial charge in [0.15, 0.2) is 0 Å². The van der Waals surface area contributed by atoms with E-state index in [1.54, 1.807) is 0 Å². The fourth-order valence-corrected chi connectivity index (χ4v) is 6.04. The molecule has 29 heavy (non-hydrogen) atoms. The SMILES string of the molecule is CN(Cc1n[nH]c2c1CCCC2)C(=O)[C@H]1[C@@H]2CNC[C@@H](C2)[C@@H]2CCCC(=O)N21.Cl. The van der Waals surface area contributed by atoms with Gasteiger partial charge in [-0.2, -0.15) is 5.10 Å². The Morgan fingerprint density at radius 2 is 1.97 bits per heavy atom. The number of rotatable bonds is 3. The molecule has 0 spiro atoms. The third kappa shape index (κ3) is 3.56. The molecule has 3 fully saturated rings. The van der Waals surface area contributed by atoms with Crippen LogP contribution in [-0.2, 0) is 29.0 Å². The van der Waals surface area contributed by atoms with Crippen molar-refractivity contribution in [1.82, 2.24) is 25.3 Å². The van der Waals surface area contributed by atoms with Crippen LogP contribution in [-0.4, -0.2) is 64.0 Å². The van der Waals surface area contributed by atoms with Gasteiger partial charge >= 0.3 is 0 Å². The van der Waals surface area contributed by atoms with Crippen molar-refractivity contribution in [2.24, 2.45) is 11.8 Å². The van der Waals surface area contributed by atoms with Crippen molar-refractivity contribution in [2.45, 2.75) is 70.0 Å². The van der Waals surface area contributed by atoms with E-state index in [1.807, 2.05) is 16.8 Å². The van der Waals surface area contributed by atoms with Crippen LogP contribution < -0.4 is 5.32 Å². The molecule has 0 aromatic carbocycles. The van der Waals surface area contributed by atoms with E-state index in [0.29, 0.717) is 18.9 Å². The zero-order valence-corrected chi connectivity index (χ0v) is 18.0. The lowest BCUT2D eigenvalue weighted by molar-refractivity contribution is -0.161. The number of aryl methyl sites for hydroxylation is 1. The predicted octanol–water partition coefficient (Wildman–Crippen LogP) is 1.66. The number of H-pyrrole nitrogens is 1. The quantitative estimate of drug-likeness (QED) is 0.777. The number of amides is 2. The molecule has 8 heteroatoms. The summed E-state index contributed by atoms with van der Waals surface area (Å²) in [7, 11) is 1.87. The van der Waals surface area contributed by atoms with E-state index in [1.165, 1.54) is 24.1 Å². The van der Waals surface area contributed by atoms with E-state index in [9.17, 15) is 9.59 Å². The predicted molar refractivity (Wildman–Crippen MR) is 112 cm³/mol. The number of carbonyl (C=O) groups excluding carboxylic acids is 2. The van der Waals surface area contributed by atoms with Gasteiger partial charge < -0.3 is 15.1 Å². The van der Waals surface area contributed by atoms with Gasteiger partial charge in [0.25, 0.3) is 0 Å². The summed E-state index contributed by atoms with van der Waals surface area (Å²) in [5.74, 6) is 0.979. The summed E-state index contributed by atoms with van der Waals surface area (Å²) in [6.07, 6.45) is 8.14. The summed E-state index contributed by atoms with van der Waals surface area (Å²) in [5.41, 5.74) is 3.55. The van der Waals surface area contributed by atoms with Crippen LogP contribution in [0.4, 0.5) is 0 Å². The summed E-state index contributed by atoms with van der Waals surface area (Å²) >= 11 is 0. The van der Waals surface area contributed by atoms with E-state index >= 15 is 0 Å². The minimum Gasteiger partial charge on any atom is -0.338 e. The van der Waals surface area contributed by atoms with Gasteiger partial charge in [-0.25, -0.2) is 0 Å². The Labute approximate surface area is 178 Å². The summed E-state index contributed by atoms with van der Waals surface area (Å²) in [6.45, 7) is 2.33. The molecule has 0 radical (unpaired) electrons. The van der Waals surface area contributed by atoms with E-state index in [-0.39, 0.29) is 42.2 Å². The topological polar surface area (TPSA) is 81.3 Å². The highest BCUT2D eigenvalue weighted by atomic mass is 35.5. The number of hydrogen-bond donors (Lipinski definition) is 2. The lowest BCUT2D eigenvalue weighted by Gasteiger charge is -2.54. The van der Waals surface area contributed by atoms with Crippen LogP contribution >= 0.6 is 12.4 Å². The number of aromatic nitrogens is 2. The number of aromatic amines is 1. The number of piperidine rings is 3. The number of fused-ring (bicyclic) bond motifs is 5. The van der Waals surface area contributed by atoms with Crippen molar-refractivity contribution in [3.05, 3.63) is 17.0 Å². The van der Waals surface area contributed by atoms with Crippen LogP contribution in [0.5, 0.6) is 0 Å². The van der Waals surface area contributed by atoms with Gasteiger partial charge in [-0.3, -0.25) is 14.7 Å². The highest BCUT2D eigenvalue weighted by Crippen LogP contribution is 2.40. The Balaban J connectivity index is 0.00000205. The zero-order chi connectivity index (χ0) is 19.3. The van der Waals surface area contributed by atoms with Crippen molar-refractivity contribution in [3.63, 3.8) is 0 Å². The van der Waals surface area contributed by atoms with Gasteiger partial charge in [0, 0.05) is 37.7 Å². The normalized spacial score (nSPS) is 30.8. The molecular formula is C21H32ClN5O2. The first-order valence-electron chi connectivity index (χ1n) is 11.0.